The summed E-state index contributed by atoms with van der Waals surface area (Å²) < 4.78 is 1.98. The van der Waals surface area contributed by atoms with Crippen molar-refractivity contribution in [2.24, 2.45) is 5.73 Å². The quantitative estimate of drug-likeness (QED) is 0.885. The summed E-state index contributed by atoms with van der Waals surface area (Å²) in [6.45, 7) is 0.111. The average molecular weight is 345 g/mol. The number of benzene rings is 1. The van der Waals surface area contributed by atoms with Crippen molar-refractivity contribution >= 4 is 44.3 Å². The predicted octanol–water partition coefficient (Wildman–Crippen LogP) is 3.02. The number of halogens is 3. The van der Waals surface area contributed by atoms with Gasteiger partial charge >= 0.3 is 0 Å². The lowest BCUT2D eigenvalue weighted by Crippen LogP contribution is -2.12. The zero-order chi connectivity index (χ0) is 9.84. The van der Waals surface area contributed by atoms with Gasteiger partial charge in [-0.05, 0) is 30.2 Å². The fraction of sp³-hybridized carbons (Fsp3) is 0.333. The van der Waals surface area contributed by atoms with Gasteiger partial charge in [0.2, 0.25) is 0 Å². The molecule has 0 amide bonds. The van der Waals surface area contributed by atoms with Crippen LogP contribution in [-0.4, -0.2) is 11.7 Å². The molecule has 0 unspecified atom stereocenters. The Morgan fingerprint density at radius 1 is 1.36 bits per heavy atom. The van der Waals surface area contributed by atoms with Crippen LogP contribution in [-0.2, 0) is 0 Å². The second kappa shape index (κ2) is 6.80. The summed E-state index contributed by atoms with van der Waals surface area (Å²) in [6.07, 6.45) is 0.578. The second-order valence-corrected chi connectivity index (χ2v) is 4.55. The van der Waals surface area contributed by atoms with Crippen molar-refractivity contribution in [3.05, 3.63) is 32.7 Å². The number of aliphatic hydroxyl groups excluding tert-OH is 1. The van der Waals surface area contributed by atoms with E-state index in [1.807, 2.05) is 18.2 Å². The average Bonchev–Trinajstić information content (AvgIpc) is 2.09. The van der Waals surface area contributed by atoms with Gasteiger partial charge in [0.25, 0.3) is 0 Å². The van der Waals surface area contributed by atoms with Crippen LogP contribution >= 0.6 is 44.3 Å². The molecule has 3 N–H and O–H groups in total. The first-order valence-corrected chi connectivity index (χ1v) is 5.55. The summed E-state index contributed by atoms with van der Waals surface area (Å²) in [4.78, 5) is 0. The van der Waals surface area contributed by atoms with Crippen molar-refractivity contribution in [2.45, 2.75) is 12.5 Å². The Hall–Kier alpha value is 0.390. The van der Waals surface area contributed by atoms with Crippen molar-refractivity contribution in [1.82, 2.24) is 0 Å². The summed E-state index contributed by atoms with van der Waals surface area (Å²) in [5, 5.41) is 8.75. The molecule has 1 aromatic rings. The Kier molecular flexibility index (Phi) is 6.99. The van der Waals surface area contributed by atoms with Crippen molar-refractivity contribution in [3.63, 3.8) is 0 Å². The van der Waals surface area contributed by atoms with Gasteiger partial charge in [-0.2, -0.15) is 0 Å². The van der Waals surface area contributed by atoms with Crippen molar-refractivity contribution in [2.75, 3.05) is 6.61 Å². The molecule has 1 rings (SSSR count). The standard InChI is InChI=1S/C9H11Br2NO.ClH/c10-6-1-2-8(11)7(5-6)9(12)3-4-13;/h1-2,5,9,13H,3-4,12H2;1H/t9-;/m1./s1. The minimum atomic E-state index is -0.114. The Morgan fingerprint density at radius 2 is 2.00 bits per heavy atom. The smallest absolute Gasteiger partial charge is 0.0449 e. The van der Waals surface area contributed by atoms with Gasteiger partial charge in [0.15, 0.2) is 0 Å². The topological polar surface area (TPSA) is 46.2 Å². The highest BCUT2D eigenvalue weighted by Gasteiger charge is 2.09. The third-order valence-corrected chi connectivity index (χ3v) is 3.01. The molecule has 1 atom stereocenters. The van der Waals surface area contributed by atoms with Gasteiger partial charge in [-0.3, -0.25) is 0 Å². The van der Waals surface area contributed by atoms with Gasteiger partial charge < -0.3 is 10.8 Å². The van der Waals surface area contributed by atoms with Crippen LogP contribution in [0.15, 0.2) is 27.1 Å². The molecule has 0 heterocycles. The molecule has 0 fully saturated rings. The van der Waals surface area contributed by atoms with E-state index < -0.39 is 0 Å². The first kappa shape index (κ1) is 14.4. The molecule has 0 aliphatic heterocycles. The molecule has 0 aromatic heterocycles. The lowest BCUT2D eigenvalue weighted by atomic mass is 10.1. The van der Waals surface area contributed by atoms with E-state index in [9.17, 15) is 0 Å². The minimum Gasteiger partial charge on any atom is -0.396 e. The number of aliphatic hydroxyl groups is 1. The molecule has 14 heavy (non-hydrogen) atoms. The lowest BCUT2D eigenvalue weighted by Gasteiger charge is -2.12. The van der Waals surface area contributed by atoms with E-state index in [1.165, 1.54) is 0 Å². The summed E-state index contributed by atoms with van der Waals surface area (Å²) >= 11 is 6.80. The van der Waals surface area contributed by atoms with E-state index in [0.717, 1.165) is 14.5 Å². The second-order valence-electron chi connectivity index (χ2n) is 2.78. The van der Waals surface area contributed by atoms with Crippen molar-refractivity contribution in [3.8, 4) is 0 Å². The third-order valence-electron chi connectivity index (χ3n) is 1.80. The largest absolute Gasteiger partial charge is 0.396 e. The zero-order valence-electron chi connectivity index (χ0n) is 7.41. The molecule has 0 bridgehead atoms. The van der Waals surface area contributed by atoms with E-state index in [-0.39, 0.29) is 25.1 Å². The van der Waals surface area contributed by atoms with Gasteiger partial charge in [-0.25, -0.2) is 0 Å². The first-order valence-electron chi connectivity index (χ1n) is 3.96. The Labute approximate surface area is 107 Å². The van der Waals surface area contributed by atoms with Gasteiger partial charge in [-0.1, -0.05) is 31.9 Å². The van der Waals surface area contributed by atoms with Crippen LogP contribution in [0.4, 0.5) is 0 Å². The number of nitrogens with two attached hydrogens (primary N) is 1. The highest BCUT2D eigenvalue weighted by Crippen LogP contribution is 2.27. The Balaban J connectivity index is 0.00000169. The lowest BCUT2D eigenvalue weighted by molar-refractivity contribution is 0.276. The highest BCUT2D eigenvalue weighted by atomic mass is 79.9. The third kappa shape index (κ3) is 3.87. The fourth-order valence-corrected chi connectivity index (χ4v) is 2.01. The molecule has 1 aromatic carbocycles. The maximum Gasteiger partial charge on any atom is 0.0449 e. The van der Waals surface area contributed by atoms with E-state index in [0.29, 0.717) is 6.42 Å². The van der Waals surface area contributed by atoms with Gasteiger partial charge in [-0.15, -0.1) is 12.4 Å². The molecule has 2 nitrogen and oxygen atoms in total. The summed E-state index contributed by atoms with van der Waals surface area (Å²) in [6, 6.07) is 5.73. The van der Waals surface area contributed by atoms with Gasteiger partial charge in [0, 0.05) is 21.6 Å². The fourth-order valence-electron chi connectivity index (χ4n) is 1.09. The van der Waals surface area contributed by atoms with E-state index >= 15 is 0 Å². The van der Waals surface area contributed by atoms with Crippen LogP contribution in [0.25, 0.3) is 0 Å². The van der Waals surface area contributed by atoms with Crippen LogP contribution in [0.5, 0.6) is 0 Å². The molecular weight excluding hydrogens is 333 g/mol. The van der Waals surface area contributed by atoms with Crippen LogP contribution in [0, 0.1) is 0 Å². The van der Waals surface area contributed by atoms with Gasteiger partial charge in [0.05, 0.1) is 0 Å². The Bertz CT molecular complexity index is 296. The zero-order valence-corrected chi connectivity index (χ0v) is 11.4. The molecule has 0 saturated carbocycles. The summed E-state index contributed by atoms with van der Waals surface area (Å²) in [7, 11) is 0. The molecule has 0 spiro atoms. The molecule has 0 radical (unpaired) electrons. The summed E-state index contributed by atoms with van der Waals surface area (Å²) in [5.41, 5.74) is 6.88. The summed E-state index contributed by atoms with van der Waals surface area (Å²) in [5.74, 6) is 0. The highest BCUT2D eigenvalue weighted by molar-refractivity contribution is 9.11. The van der Waals surface area contributed by atoms with Crippen LogP contribution < -0.4 is 5.73 Å². The van der Waals surface area contributed by atoms with Crippen LogP contribution in [0.2, 0.25) is 0 Å². The predicted molar refractivity (Wildman–Crippen MR) is 67.7 cm³/mol. The Morgan fingerprint density at radius 3 is 2.57 bits per heavy atom. The van der Waals surface area contributed by atoms with Crippen LogP contribution in [0.1, 0.15) is 18.0 Å². The molecule has 0 saturated heterocycles. The number of hydrogen-bond donors (Lipinski definition) is 2. The normalized spacial score (nSPS) is 12.0. The monoisotopic (exact) mass is 343 g/mol. The molecule has 5 heteroatoms. The molecule has 80 valence electrons. The number of hydrogen-bond acceptors (Lipinski definition) is 2. The maximum atomic E-state index is 8.75. The molecular formula is C9H12Br2ClNO. The van der Waals surface area contributed by atoms with E-state index in [2.05, 4.69) is 31.9 Å². The van der Waals surface area contributed by atoms with Crippen LogP contribution in [0.3, 0.4) is 0 Å². The number of rotatable bonds is 3. The SMILES string of the molecule is Cl.N[C@H](CCO)c1cc(Br)ccc1Br. The molecule has 0 aliphatic rings. The van der Waals surface area contributed by atoms with E-state index in [1.54, 1.807) is 0 Å². The van der Waals surface area contributed by atoms with Crippen molar-refractivity contribution in [1.29, 1.82) is 0 Å². The minimum absolute atomic E-state index is 0. The van der Waals surface area contributed by atoms with Gasteiger partial charge in [0.1, 0.15) is 0 Å². The van der Waals surface area contributed by atoms with E-state index in [4.69, 9.17) is 10.8 Å². The molecule has 0 aliphatic carbocycles. The van der Waals surface area contributed by atoms with Crippen molar-refractivity contribution < 1.29 is 5.11 Å². The maximum absolute atomic E-state index is 8.75. The first-order chi connectivity index (χ1) is 6.15.